The molecule has 0 unspecified atom stereocenters. The van der Waals surface area contributed by atoms with E-state index >= 15 is 0 Å². The normalized spacial score (nSPS) is 10.8. The van der Waals surface area contributed by atoms with Crippen LogP contribution < -0.4 is 5.32 Å². The predicted octanol–water partition coefficient (Wildman–Crippen LogP) is 4.31. The van der Waals surface area contributed by atoms with Gasteiger partial charge in [0.15, 0.2) is 11.0 Å². The summed E-state index contributed by atoms with van der Waals surface area (Å²) in [5.41, 5.74) is 2.14. The van der Waals surface area contributed by atoms with Crippen LogP contribution in [0.5, 0.6) is 0 Å². The zero-order chi connectivity index (χ0) is 18.7. The number of hydrogen-bond donors (Lipinski definition) is 1. The van der Waals surface area contributed by atoms with E-state index in [-0.39, 0.29) is 17.3 Å². The zero-order valence-corrected chi connectivity index (χ0v) is 15.7. The minimum Gasteiger partial charge on any atom is -0.323 e. The van der Waals surface area contributed by atoms with E-state index in [1.807, 2.05) is 42.8 Å². The number of carbonyl (C=O) groups is 1. The van der Waals surface area contributed by atoms with E-state index in [0.29, 0.717) is 10.2 Å². The van der Waals surface area contributed by atoms with Gasteiger partial charge in [-0.15, -0.1) is 10.2 Å². The van der Waals surface area contributed by atoms with E-state index in [1.165, 1.54) is 30.0 Å². The third-order valence-electron chi connectivity index (χ3n) is 3.65. The van der Waals surface area contributed by atoms with E-state index in [1.54, 1.807) is 0 Å². The molecule has 1 heterocycles. The first-order chi connectivity index (χ1) is 12.4. The molecule has 0 aliphatic heterocycles. The average Bonchev–Trinajstić information content (AvgIpc) is 2.97. The molecule has 0 spiro atoms. The molecule has 0 aliphatic rings. The Morgan fingerprint density at radius 2 is 2.08 bits per heavy atom. The Morgan fingerprint density at radius 3 is 2.85 bits per heavy atom. The lowest BCUT2D eigenvalue weighted by atomic mass is 10.1. The van der Waals surface area contributed by atoms with Crippen molar-refractivity contribution in [2.75, 3.05) is 11.1 Å². The lowest BCUT2D eigenvalue weighted by Crippen LogP contribution is -2.15. The van der Waals surface area contributed by atoms with Crippen molar-refractivity contribution < 1.29 is 9.18 Å². The van der Waals surface area contributed by atoms with E-state index in [2.05, 4.69) is 15.5 Å². The van der Waals surface area contributed by atoms with Crippen LogP contribution >= 0.6 is 23.4 Å². The van der Waals surface area contributed by atoms with Gasteiger partial charge in [-0.2, -0.15) is 0 Å². The van der Waals surface area contributed by atoms with Crippen LogP contribution in [0.25, 0.3) is 11.4 Å². The summed E-state index contributed by atoms with van der Waals surface area (Å²) >= 11 is 7.05. The van der Waals surface area contributed by atoms with Crippen LogP contribution in [-0.4, -0.2) is 26.4 Å². The van der Waals surface area contributed by atoms with Crippen LogP contribution in [0, 0.1) is 12.7 Å². The first kappa shape index (κ1) is 18.4. The van der Waals surface area contributed by atoms with Gasteiger partial charge in [0.2, 0.25) is 5.91 Å². The number of hydrogen-bond acceptors (Lipinski definition) is 4. The van der Waals surface area contributed by atoms with Gasteiger partial charge >= 0.3 is 0 Å². The zero-order valence-electron chi connectivity index (χ0n) is 14.2. The van der Waals surface area contributed by atoms with Gasteiger partial charge < -0.3 is 9.88 Å². The van der Waals surface area contributed by atoms with Gasteiger partial charge in [0.1, 0.15) is 5.82 Å². The summed E-state index contributed by atoms with van der Waals surface area (Å²) in [5, 5.41) is 11.8. The Balaban J connectivity index is 1.67. The molecule has 5 nitrogen and oxygen atoms in total. The summed E-state index contributed by atoms with van der Waals surface area (Å²) in [5.74, 6) is -0.0898. The molecule has 0 atom stereocenters. The molecular weight excluding hydrogens is 375 g/mol. The van der Waals surface area contributed by atoms with Gasteiger partial charge in [-0.05, 0) is 31.2 Å². The summed E-state index contributed by atoms with van der Waals surface area (Å²) in [6.07, 6.45) is 0. The molecule has 1 amide bonds. The molecule has 3 aromatic rings. The molecule has 0 saturated carbocycles. The number of anilines is 1. The fourth-order valence-corrected chi connectivity index (χ4v) is 3.27. The first-order valence-electron chi connectivity index (χ1n) is 7.78. The highest BCUT2D eigenvalue weighted by atomic mass is 35.5. The Kier molecular flexibility index (Phi) is 5.58. The van der Waals surface area contributed by atoms with Crippen molar-refractivity contribution in [2.24, 2.45) is 7.05 Å². The molecular formula is C18H16ClFN4OS. The molecule has 26 heavy (non-hydrogen) atoms. The van der Waals surface area contributed by atoms with Gasteiger partial charge in [-0.1, -0.05) is 47.1 Å². The summed E-state index contributed by atoms with van der Waals surface area (Å²) in [4.78, 5) is 12.1. The maximum Gasteiger partial charge on any atom is 0.234 e. The maximum absolute atomic E-state index is 13.7. The fourth-order valence-electron chi connectivity index (χ4n) is 2.39. The Hall–Kier alpha value is -2.38. The molecule has 2 aromatic carbocycles. The van der Waals surface area contributed by atoms with Crippen molar-refractivity contribution in [3.8, 4) is 11.4 Å². The number of aromatic nitrogens is 3. The van der Waals surface area contributed by atoms with Crippen LogP contribution in [0.1, 0.15) is 5.56 Å². The number of rotatable bonds is 5. The van der Waals surface area contributed by atoms with Crippen molar-refractivity contribution in [2.45, 2.75) is 12.1 Å². The Bertz CT molecular complexity index is 960. The maximum atomic E-state index is 13.7. The third-order valence-corrected chi connectivity index (χ3v) is 4.90. The number of benzene rings is 2. The number of halogens is 2. The van der Waals surface area contributed by atoms with Gasteiger partial charge in [-0.3, -0.25) is 4.79 Å². The number of aryl methyl sites for hydroxylation is 1. The average molecular weight is 391 g/mol. The van der Waals surface area contributed by atoms with Gasteiger partial charge in [0.05, 0.1) is 11.4 Å². The number of thioether (sulfide) groups is 1. The molecule has 0 bridgehead atoms. The molecule has 0 aliphatic carbocycles. The summed E-state index contributed by atoms with van der Waals surface area (Å²) < 4.78 is 15.5. The minimum absolute atomic E-state index is 0.0570. The third kappa shape index (κ3) is 4.23. The largest absolute Gasteiger partial charge is 0.323 e. The van der Waals surface area contributed by atoms with Crippen molar-refractivity contribution >= 4 is 35.0 Å². The molecule has 0 saturated heterocycles. The number of carbonyl (C=O) groups excluding carboxylic acids is 1. The standard InChI is InChI=1S/C18H16ClFN4OS/c1-11-4-3-5-12(8-11)17-22-23-18(24(17)2)26-10-16(25)21-15-9-13(19)6-7-14(15)20/h3-9H,10H2,1-2H3,(H,21,25). The molecule has 134 valence electrons. The summed E-state index contributed by atoms with van der Waals surface area (Å²) in [6, 6.07) is 12.0. The first-order valence-corrected chi connectivity index (χ1v) is 9.14. The SMILES string of the molecule is Cc1cccc(-c2nnc(SCC(=O)Nc3cc(Cl)ccc3F)n2C)c1. The summed E-state index contributed by atoms with van der Waals surface area (Å²) in [7, 11) is 1.84. The smallest absolute Gasteiger partial charge is 0.234 e. The van der Waals surface area contributed by atoms with E-state index < -0.39 is 5.82 Å². The number of amides is 1. The second-order valence-electron chi connectivity index (χ2n) is 5.70. The minimum atomic E-state index is -0.534. The van der Waals surface area contributed by atoms with Gasteiger partial charge in [-0.25, -0.2) is 4.39 Å². The number of nitrogens with one attached hydrogen (secondary N) is 1. The lowest BCUT2D eigenvalue weighted by Gasteiger charge is -2.07. The van der Waals surface area contributed by atoms with E-state index in [9.17, 15) is 9.18 Å². The Labute approximate surface area is 159 Å². The molecule has 8 heteroatoms. The van der Waals surface area contributed by atoms with Crippen LogP contribution in [-0.2, 0) is 11.8 Å². The highest BCUT2D eigenvalue weighted by Crippen LogP contribution is 2.24. The predicted molar refractivity (Wildman–Crippen MR) is 102 cm³/mol. The van der Waals surface area contributed by atoms with Crippen LogP contribution in [0.2, 0.25) is 5.02 Å². The van der Waals surface area contributed by atoms with Crippen molar-refractivity contribution in [1.29, 1.82) is 0 Å². The van der Waals surface area contributed by atoms with Crippen LogP contribution in [0.3, 0.4) is 0 Å². The molecule has 1 aromatic heterocycles. The second kappa shape index (κ2) is 7.88. The lowest BCUT2D eigenvalue weighted by molar-refractivity contribution is -0.113. The van der Waals surface area contributed by atoms with Gasteiger partial charge in [0, 0.05) is 17.6 Å². The highest BCUT2D eigenvalue weighted by Gasteiger charge is 2.14. The van der Waals surface area contributed by atoms with E-state index in [4.69, 9.17) is 11.6 Å². The highest BCUT2D eigenvalue weighted by molar-refractivity contribution is 7.99. The van der Waals surface area contributed by atoms with Crippen LogP contribution in [0.4, 0.5) is 10.1 Å². The molecule has 0 radical (unpaired) electrons. The summed E-state index contributed by atoms with van der Waals surface area (Å²) in [6.45, 7) is 2.01. The quantitative estimate of drug-likeness (QED) is 0.659. The van der Waals surface area contributed by atoms with Crippen molar-refractivity contribution in [1.82, 2.24) is 14.8 Å². The van der Waals surface area contributed by atoms with Crippen molar-refractivity contribution in [3.05, 3.63) is 58.9 Å². The fraction of sp³-hybridized carbons (Fsp3) is 0.167. The monoisotopic (exact) mass is 390 g/mol. The molecule has 3 rings (SSSR count). The number of nitrogens with zero attached hydrogens (tertiary/aromatic N) is 3. The van der Waals surface area contributed by atoms with Gasteiger partial charge in [0.25, 0.3) is 0 Å². The van der Waals surface area contributed by atoms with E-state index in [0.717, 1.165) is 17.0 Å². The topological polar surface area (TPSA) is 59.8 Å². The molecule has 0 fully saturated rings. The molecule has 1 N–H and O–H groups in total. The van der Waals surface area contributed by atoms with Crippen LogP contribution in [0.15, 0.2) is 47.6 Å². The Morgan fingerprint density at radius 1 is 1.27 bits per heavy atom. The second-order valence-corrected chi connectivity index (χ2v) is 7.07. The van der Waals surface area contributed by atoms with Crippen molar-refractivity contribution in [3.63, 3.8) is 0 Å².